The third-order valence-electron chi connectivity index (χ3n) is 4.88. The molecule has 174 valence electrons. The smallest absolute Gasteiger partial charge is 0.416 e. The summed E-state index contributed by atoms with van der Waals surface area (Å²) in [6, 6.07) is 13.5. The number of ether oxygens (including phenoxy) is 1. The fourth-order valence-corrected chi connectivity index (χ4v) is 3.19. The molecule has 0 unspecified atom stereocenters. The lowest BCUT2D eigenvalue weighted by Crippen LogP contribution is -2.45. The molecule has 2 aromatic rings. The van der Waals surface area contributed by atoms with Crippen molar-refractivity contribution in [3.63, 3.8) is 0 Å². The number of halogens is 3. The molecule has 0 saturated carbocycles. The number of alkyl halides is 3. The number of benzene rings is 2. The SMILES string of the molecule is COc1cccc(CN2CCN(Cc3ccc(C(F)(F)F)cc3)CC2)c1.O=C(O)C(=O)O. The lowest BCUT2D eigenvalue weighted by Gasteiger charge is -2.34. The summed E-state index contributed by atoms with van der Waals surface area (Å²) < 4.78 is 43.1. The van der Waals surface area contributed by atoms with E-state index in [1.807, 2.05) is 12.1 Å². The van der Waals surface area contributed by atoms with Crippen molar-refractivity contribution in [1.29, 1.82) is 0 Å². The van der Waals surface area contributed by atoms with Gasteiger partial charge in [0.25, 0.3) is 0 Å². The van der Waals surface area contributed by atoms with E-state index in [0.29, 0.717) is 6.54 Å². The summed E-state index contributed by atoms with van der Waals surface area (Å²) in [6.45, 7) is 5.27. The highest BCUT2D eigenvalue weighted by Crippen LogP contribution is 2.29. The Morgan fingerprint density at radius 3 is 1.81 bits per heavy atom. The highest BCUT2D eigenvalue weighted by atomic mass is 19.4. The molecule has 1 heterocycles. The molecule has 1 aliphatic heterocycles. The molecule has 2 aromatic carbocycles. The third kappa shape index (κ3) is 8.20. The van der Waals surface area contributed by atoms with E-state index in [1.54, 1.807) is 19.2 Å². The van der Waals surface area contributed by atoms with Crippen molar-refractivity contribution in [2.24, 2.45) is 0 Å². The maximum Gasteiger partial charge on any atom is 0.416 e. The standard InChI is InChI=1S/C20H23F3N2O.C2H2O4/c1-26-19-4-2-3-17(13-19)15-25-11-9-24(10-12-25)14-16-5-7-18(8-6-16)20(21,22)23;3-1(4)2(5)6/h2-8,13H,9-12,14-15H2,1H3;(H,3,4)(H,5,6). The van der Waals surface area contributed by atoms with Gasteiger partial charge >= 0.3 is 18.1 Å². The van der Waals surface area contributed by atoms with Gasteiger partial charge in [-0.15, -0.1) is 0 Å². The predicted molar refractivity (Wildman–Crippen MR) is 110 cm³/mol. The number of methoxy groups -OCH3 is 1. The van der Waals surface area contributed by atoms with Gasteiger partial charge < -0.3 is 14.9 Å². The number of carbonyl (C=O) groups is 2. The molecule has 0 amide bonds. The largest absolute Gasteiger partial charge is 0.497 e. The van der Waals surface area contributed by atoms with Crippen molar-refractivity contribution in [3.05, 3.63) is 65.2 Å². The van der Waals surface area contributed by atoms with Crippen LogP contribution in [0.3, 0.4) is 0 Å². The normalized spacial score (nSPS) is 14.9. The van der Waals surface area contributed by atoms with Gasteiger partial charge in [-0.25, -0.2) is 9.59 Å². The van der Waals surface area contributed by atoms with Gasteiger partial charge in [-0.05, 0) is 35.4 Å². The number of aliphatic carboxylic acids is 2. The average Bonchev–Trinajstić information content (AvgIpc) is 2.75. The minimum Gasteiger partial charge on any atom is -0.497 e. The summed E-state index contributed by atoms with van der Waals surface area (Å²) in [7, 11) is 1.67. The van der Waals surface area contributed by atoms with E-state index in [-0.39, 0.29) is 0 Å². The molecule has 0 radical (unpaired) electrons. The van der Waals surface area contributed by atoms with Gasteiger partial charge in [0.05, 0.1) is 12.7 Å². The number of carboxylic acid groups (broad SMARTS) is 2. The molecule has 2 N–H and O–H groups in total. The number of hydrogen-bond acceptors (Lipinski definition) is 5. The van der Waals surface area contributed by atoms with E-state index in [1.165, 1.54) is 5.56 Å². The van der Waals surface area contributed by atoms with Gasteiger partial charge in [0.1, 0.15) is 5.75 Å². The van der Waals surface area contributed by atoms with E-state index >= 15 is 0 Å². The second kappa shape index (κ2) is 11.5. The highest BCUT2D eigenvalue weighted by Gasteiger charge is 2.30. The minimum absolute atomic E-state index is 0.593. The van der Waals surface area contributed by atoms with Crippen LogP contribution >= 0.6 is 0 Å². The van der Waals surface area contributed by atoms with Crippen molar-refractivity contribution in [1.82, 2.24) is 9.80 Å². The third-order valence-corrected chi connectivity index (χ3v) is 4.88. The monoisotopic (exact) mass is 454 g/mol. The van der Waals surface area contributed by atoms with Crippen LogP contribution in [0.5, 0.6) is 5.75 Å². The fourth-order valence-electron chi connectivity index (χ4n) is 3.19. The quantitative estimate of drug-likeness (QED) is 0.671. The van der Waals surface area contributed by atoms with Crippen LogP contribution in [-0.4, -0.2) is 65.2 Å². The topological polar surface area (TPSA) is 90.3 Å². The Morgan fingerprint density at radius 1 is 0.875 bits per heavy atom. The number of nitrogens with zero attached hydrogens (tertiary/aromatic N) is 2. The van der Waals surface area contributed by atoms with E-state index in [4.69, 9.17) is 24.5 Å². The molecule has 0 spiro atoms. The Hall–Kier alpha value is -3.11. The lowest BCUT2D eigenvalue weighted by atomic mass is 10.1. The molecule has 7 nitrogen and oxygen atoms in total. The van der Waals surface area contributed by atoms with Crippen molar-refractivity contribution in [2.45, 2.75) is 19.3 Å². The van der Waals surface area contributed by atoms with Gasteiger partial charge in [-0.3, -0.25) is 9.80 Å². The second-order valence-corrected chi connectivity index (χ2v) is 7.21. The van der Waals surface area contributed by atoms with Crippen LogP contribution in [0.4, 0.5) is 13.2 Å². The molecule has 32 heavy (non-hydrogen) atoms. The van der Waals surface area contributed by atoms with Gasteiger partial charge in [0, 0.05) is 39.3 Å². The molecule has 0 aliphatic carbocycles. The zero-order chi connectivity index (χ0) is 23.7. The first kappa shape index (κ1) is 25.2. The molecular formula is C22H25F3N2O5. The maximum atomic E-state index is 12.6. The number of hydrogen-bond donors (Lipinski definition) is 2. The Morgan fingerprint density at radius 2 is 1.38 bits per heavy atom. The van der Waals surface area contributed by atoms with Crippen LogP contribution < -0.4 is 4.74 Å². The summed E-state index contributed by atoms with van der Waals surface area (Å²) in [5.41, 5.74) is 1.55. The van der Waals surface area contributed by atoms with Crippen LogP contribution in [0.15, 0.2) is 48.5 Å². The molecule has 0 bridgehead atoms. The molecule has 1 fully saturated rings. The van der Waals surface area contributed by atoms with Gasteiger partial charge in [-0.2, -0.15) is 13.2 Å². The minimum atomic E-state index is -4.27. The summed E-state index contributed by atoms with van der Waals surface area (Å²) in [4.78, 5) is 22.9. The summed E-state index contributed by atoms with van der Waals surface area (Å²) in [6.07, 6.45) is -4.27. The van der Waals surface area contributed by atoms with E-state index < -0.39 is 23.7 Å². The van der Waals surface area contributed by atoms with Crippen LogP contribution in [0.1, 0.15) is 16.7 Å². The Kier molecular flexibility index (Phi) is 9.03. The van der Waals surface area contributed by atoms with Crippen LogP contribution in [-0.2, 0) is 28.9 Å². The molecule has 3 rings (SSSR count). The predicted octanol–water partition coefficient (Wildman–Crippen LogP) is 3.19. The van der Waals surface area contributed by atoms with E-state index in [0.717, 1.165) is 56.2 Å². The molecule has 0 aromatic heterocycles. The van der Waals surface area contributed by atoms with E-state index in [9.17, 15) is 13.2 Å². The molecular weight excluding hydrogens is 429 g/mol. The Bertz CT molecular complexity index is 883. The Labute approximate surface area is 183 Å². The first-order chi connectivity index (χ1) is 15.1. The second-order valence-electron chi connectivity index (χ2n) is 7.21. The van der Waals surface area contributed by atoms with Gasteiger partial charge in [0.2, 0.25) is 0 Å². The van der Waals surface area contributed by atoms with E-state index in [2.05, 4.69) is 21.9 Å². The van der Waals surface area contributed by atoms with Crippen molar-refractivity contribution >= 4 is 11.9 Å². The summed E-state index contributed by atoms with van der Waals surface area (Å²) in [5.74, 6) is -2.78. The van der Waals surface area contributed by atoms with Crippen molar-refractivity contribution < 1.29 is 37.7 Å². The maximum absolute atomic E-state index is 12.6. The van der Waals surface area contributed by atoms with Crippen LogP contribution in [0, 0.1) is 0 Å². The van der Waals surface area contributed by atoms with Gasteiger partial charge in [0.15, 0.2) is 0 Å². The molecule has 0 atom stereocenters. The lowest BCUT2D eigenvalue weighted by molar-refractivity contribution is -0.159. The van der Waals surface area contributed by atoms with Crippen molar-refractivity contribution in [2.75, 3.05) is 33.3 Å². The zero-order valence-electron chi connectivity index (χ0n) is 17.5. The van der Waals surface area contributed by atoms with Crippen molar-refractivity contribution in [3.8, 4) is 5.75 Å². The zero-order valence-corrected chi connectivity index (χ0v) is 17.5. The number of rotatable bonds is 5. The average molecular weight is 454 g/mol. The molecule has 10 heteroatoms. The summed E-state index contributed by atoms with van der Waals surface area (Å²) >= 11 is 0. The summed E-state index contributed by atoms with van der Waals surface area (Å²) in [5, 5.41) is 14.8. The van der Waals surface area contributed by atoms with Gasteiger partial charge in [-0.1, -0.05) is 24.3 Å². The Balaban J connectivity index is 0.000000534. The van der Waals surface area contributed by atoms with Crippen LogP contribution in [0.2, 0.25) is 0 Å². The first-order valence-corrected chi connectivity index (χ1v) is 9.78. The molecule has 1 aliphatic rings. The highest BCUT2D eigenvalue weighted by molar-refractivity contribution is 6.27. The van der Waals surface area contributed by atoms with Crippen LogP contribution in [0.25, 0.3) is 0 Å². The number of carboxylic acids is 2. The number of piperazine rings is 1. The molecule has 1 saturated heterocycles. The first-order valence-electron chi connectivity index (χ1n) is 9.78. The fraction of sp³-hybridized carbons (Fsp3) is 0.364.